The van der Waals surface area contributed by atoms with Gasteiger partial charge in [-0.2, -0.15) is 0 Å². The first-order chi connectivity index (χ1) is 14.5. The van der Waals surface area contributed by atoms with Crippen LogP contribution in [0.4, 0.5) is 24.7 Å². The predicted molar refractivity (Wildman–Crippen MR) is 103 cm³/mol. The maximum Gasteiger partial charge on any atom is 0.235 e. The number of carbonyl (C=O) groups excluding carboxylic acids is 1. The SMILES string of the molecule is O=C(Nc1cnccn1)C1c2nc(-c3cc(F)c(F)c(F)c3)ccc2N2CC[C@H]1C2. The highest BCUT2D eigenvalue weighted by Gasteiger charge is 2.43. The fourth-order valence-electron chi connectivity index (χ4n) is 4.24. The van der Waals surface area contributed by atoms with E-state index in [0.29, 0.717) is 11.5 Å². The lowest BCUT2D eigenvalue weighted by molar-refractivity contribution is -0.118. The van der Waals surface area contributed by atoms with Crippen LogP contribution in [0.5, 0.6) is 0 Å². The van der Waals surface area contributed by atoms with Crippen LogP contribution in [0.2, 0.25) is 0 Å². The summed E-state index contributed by atoms with van der Waals surface area (Å²) >= 11 is 0. The Morgan fingerprint density at radius 3 is 2.67 bits per heavy atom. The molecule has 2 aliphatic heterocycles. The molecule has 1 saturated heterocycles. The zero-order chi connectivity index (χ0) is 20.8. The van der Waals surface area contributed by atoms with Crippen molar-refractivity contribution in [2.75, 3.05) is 23.3 Å². The van der Waals surface area contributed by atoms with Crippen LogP contribution in [0.3, 0.4) is 0 Å². The van der Waals surface area contributed by atoms with Gasteiger partial charge in [-0.3, -0.25) is 9.78 Å². The van der Waals surface area contributed by atoms with E-state index in [0.717, 1.165) is 37.3 Å². The molecule has 6 nitrogen and oxygen atoms in total. The van der Waals surface area contributed by atoms with Crippen LogP contribution >= 0.6 is 0 Å². The molecule has 0 spiro atoms. The van der Waals surface area contributed by atoms with Crippen LogP contribution in [0.15, 0.2) is 42.9 Å². The zero-order valence-electron chi connectivity index (χ0n) is 15.6. The summed E-state index contributed by atoms with van der Waals surface area (Å²) < 4.78 is 40.8. The van der Waals surface area contributed by atoms with E-state index >= 15 is 0 Å². The average molecular weight is 411 g/mol. The quantitative estimate of drug-likeness (QED) is 0.668. The Balaban J connectivity index is 1.56. The summed E-state index contributed by atoms with van der Waals surface area (Å²) in [5.74, 6) is -4.51. The van der Waals surface area contributed by atoms with Crippen LogP contribution in [0.1, 0.15) is 18.0 Å². The lowest BCUT2D eigenvalue weighted by atomic mass is 9.84. The van der Waals surface area contributed by atoms with E-state index in [1.807, 2.05) is 0 Å². The minimum atomic E-state index is -1.53. The third kappa shape index (κ3) is 3.06. The van der Waals surface area contributed by atoms with Gasteiger partial charge in [0.15, 0.2) is 23.3 Å². The van der Waals surface area contributed by atoms with Crippen LogP contribution in [-0.4, -0.2) is 33.9 Å². The van der Waals surface area contributed by atoms with E-state index in [1.54, 1.807) is 12.1 Å². The molecule has 1 fully saturated rings. The van der Waals surface area contributed by atoms with Gasteiger partial charge in [-0.15, -0.1) is 0 Å². The number of amides is 1. The van der Waals surface area contributed by atoms with Crippen molar-refractivity contribution in [3.8, 4) is 11.3 Å². The highest BCUT2D eigenvalue weighted by Crippen LogP contribution is 2.44. The van der Waals surface area contributed by atoms with Crippen LogP contribution in [0.25, 0.3) is 11.3 Å². The summed E-state index contributed by atoms with van der Waals surface area (Å²) in [6, 6.07) is 5.22. The smallest absolute Gasteiger partial charge is 0.235 e. The van der Waals surface area contributed by atoms with Gasteiger partial charge in [0, 0.05) is 31.0 Å². The molecule has 2 aromatic heterocycles. The summed E-state index contributed by atoms with van der Waals surface area (Å²) in [4.78, 5) is 27.9. The van der Waals surface area contributed by atoms with Gasteiger partial charge in [-0.25, -0.2) is 23.1 Å². The van der Waals surface area contributed by atoms with Crippen molar-refractivity contribution in [2.24, 2.45) is 5.92 Å². The molecule has 0 aliphatic carbocycles. The monoisotopic (exact) mass is 411 g/mol. The number of carbonyl (C=O) groups is 1. The molecule has 1 N–H and O–H groups in total. The fourth-order valence-corrected chi connectivity index (χ4v) is 4.24. The van der Waals surface area contributed by atoms with Gasteiger partial charge in [-0.05, 0) is 36.6 Å². The highest BCUT2D eigenvalue weighted by molar-refractivity contribution is 5.96. The molecule has 4 heterocycles. The van der Waals surface area contributed by atoms with Gasteiger partial charge in [0.25, 0.3) is 0 Å². The maximum atomic E-state index is 13.7. The fraction of sp³-hybridized carbons (Fsp3) is 0.238. The van der Waals surface area contributed by atoms with E-state index in [2.05, 4.69) is 25.2 Å². The molecular weight excluding hydrogens is 395 g/mol. The Bertz CT molecular complexity index is 1120. The number of halogens is 3. The number of fused-ring (bicyclic) bond motifs is 4. The molecule has 1 aromatic carbocycles. The van der Waals surface area contributed by atoms with E-state index in [1.165, 1.54) is 18.6 Å². The van der Waals surface area contributed by atoms with Crippen molar-refractivity contribution in [2.45, 2.75) is 12.3 Å². The van der Waals surface area contributed by atoms with E-state index in [-0.39, 0.29) is 23.1 Å². The average Bonchev–Trinajstić information content (AvgIpc) is 3.16. The summed E-state index contributed by atoms with van der Waals surface area (Å²) in [7, 11) is 0. The number of pyridine rings is 1. The number of nitrogens with one attached hydrogen (secondary N) is 1. The third-order valence-corrected chi connectivity index (χ3v) is 5.61. The molecule has 2 bridgehead atoms. The molecule has 30 heavy (non-hydrogen) atoms. The Labute approximate surface area is 169 Å². The van der Waals surface area contributed by atoms with Gasteiger partial charge >= 0.3 is 0 Å². The maximum absolute atomic E-state index is 13.7. The predicted octanol–water partition coefficient (Wildman–Crippen LogP) is 3.52. The van der Waals surface area contributed by atoms with Crippen LogP contribution in [0, 0.1) is 23.4 Å². The van der Waals surface area contributed by atoms with Crippen molar-refractivity contribution in [3.63, 3.8) is 0 Å². The van der Waals surface area contributed by atoms with Gasteiger partial charge in [-0.1, -0.05) is 0 Å². The van der Waals surface area contributed by atoms with Crippen molar-refractivity contribution in [1.82, 2.24) is 15.0 Å². The first-order valence-electron chi connectivity index (χ1n) is 9.49. The molecule has 1 amide bonds. The number of rotatable bonds is 3. The molecule has 0 radical (unpaired) electrons. The largest absolute Gasteiger partial charge is 0.370 e. The normalized spacial score (nSPS) is 19.5. The zero-order valence-corrected chi connectivity index (χ0v) is 15.6. The van der Waals surface area contributed by atoms with Crippen LogP contribution in [-0.2, 0) is 4.79 Å². The first-order valence-corrected chi connectivity index (χ1v) is 9.49. The highest BCUT2D eigenvalue weighted by atomic mass is 19.2. The van der Waals surface area contributed by atoms with E-state index in [9.17, 15) is 18.0 Å². The Kier molecular flexibility index (Phi) is 4.38. The molecule has 5 rings (SSSR count). The van der Waals surface area contributed by atoms with Gasteiger partial charge in [0.1, 0.15) is 0 Å². The third-order valence-electron chi connectivity index (χ3n) is 5.61. The molecule has 3 aromatic rings. The number of nitrogens with zero attached hydrogens (tertiary/aromatic N) is 4. The minimum Gasteiger partial charge on any atom is -0.370 e. The van der Waals surface area contributed by atoms with Crippen molar-refractivity contribution in [3.05, 3.63) is 66.0 Å². The summed E-state index contributed by atoms with van der Waals surface area (Å²) in [6.45, 7) is 1.53. The molecule has 152 valence electrons. The second kappa shape index (κ2) is 7.08. The molecule has 0 saturated carbocycles. The first kappa shape index (κ1) is 18.5. The Morgan fingerprint density at radius 2 is 1.93 bits per heavy atom. The second-order valence-electron chi connectivity index (χ2n) is 7.41. The number of aromatic nitrogens is 3. The van der Waals surface area contributed by atoms with Gasteiger partial charge < -0.3 is 10.2 Å². The molecule has 2 atom stereocenters. The van der Waals surface area contributed by atoms with E-state index < -0.39 is 23.4 Å². The lowest BCUT2D eigenvalue weighted by Crippen LogP contribution is -2.36. The summed E-state index contributed by atoms with van der Waals surface area (Å²) in [6.07, 6.45) is 5.27. The van der Waals surface area contributed by atoms with Crippen LogP contribution < -0.4 is 10.2 Å². The van der Waals surface area contributed by atoms with Crippen molar-refractivity contribution < 1.29 is 18.0 Å². The minimum absolute atomic E-state index is 0.0543. The summed E-state index contributed by atoms with van der Waals surface area (Å²) in [5, 5.41) is 2.78. The Hall–Kier alpha value is -3.49. The Morgan fingerprint density at radius 1 is 1.13 bits per heavy atom. The molecule has 2 aliphatic rings. The van der Waals surface area contributed by atoms with Gasteiger partial charge in [0.2, 0.25) is 5.91 Å². The van der Waals surface area contributed by atoms with E-state index in [4.69, 9.17) is 0 Å². The number of benzene rings is 1. The molecule has 9 heteroatoms. The second-order valence-corrected chi connectivity index (χ2v) is 7.41. The lowest BCUT2D eigenvalue weighted by Gasteiger charge is -2.32. The number of anilines is 2. The van der Waals surface area contributed by atoms with Crippen molar-refractivity contribution in [1.29, 1.82) is 0 Å². The summed E-state index contributed by atoms with van der Waals surface area (Å²) in [5.41, 5.74) is 1.73. The topological polar surface area (TPSA) is 71.0 Å². The number of hydrogen-bond acceptors (Lipinski definition) is 5. The molecule has 1 unspecified atom stereocenters. The van der Waals surface area contributed by atoms with Gasteiger partial charge in [0.05, 0.1) is 29.2 Å². The van der Waals surface area contributed by atoms with Crippen molar-refractivity contribution >= 4 is 17.4 Å². The standard InChI is InChI=1S/C21H16F3N5O/c22-13-7-12(8-14(23)19(13)24)15-1-2-16-20(27-15)18(11-3-6-29(16)10-11)21(30)28-17-9-25-4-5-26-17/h1-2,4-5,7-9,11,18H,3,6,10H2,(H,26,28,30)/t11-,18?/m0/s1. The number of hydrogen-bond donors (Lipinski definition) is 1. The molecular formula is C21H16F3N5O.